The molecule has 0 saturated carbocycles. The van der Waals surface area contributed by atoms with Crippen molar-refractivity contribution in [1.29, 1.82) is 0 Å². The second kappa shape index (κ2) is 5.48. The average molecular weight is 228 g/mol. The standard InChI is InChI=1S/C13H28N2O/c1-10(2)7-13(4,16)9-14-12-6-11(3)15(5)8-12/h10-12,14,16H,6-9H2,1-5H3. The van der Waals surface area contributed by atoms with E-state index in [-0.39, 0.29) is 0 Å². The van der Waals surface area contributed by atoms with Gasteiger partial charge in [0.15, 0.2) is 0 Å². The van der Waals surface area contributed by atoms with Gasteiger partial charge in [-0.2, -0.15) is 0 Å². The van der Waals surface area contributed by atoms with Gasteiger partial charge in [-0.3, -0.25) is 0 Å². The van der Waals surface area contributed by atoms with Gasteiger partial charge in [-0.15, -0.1) is 0 Å². The van der Waals surface area contributed by atoms with Crippen LogP contribution in [0.4, 0.5) is 0 Å². The molecule has 1 saturated heterocycles. The van der Waals surface area contributed by atoms with Crippen LogP contribution in [0.25, 0.3) is 0 Å². The molecule has 0 aromatic rings. The number of aliphatic hydroxyl groups is 1. The fourth-order valence-electron chi connectivity index (χ4n) is 2.66. The van der Waals surface area contributed by atoms with Crippen molar-refractivity contribution in [2.24, 2.45) is 5.92 Å². The van der Waals surface area contributed by atoms with Crippen LogP contribution in [0.3, 0.4) is 0 Å². The Morgan fingerprint density at radius 1 is 1.50 bits per heavy atom. The number of hydrogen-bond donors (Lipinski definition) is 2. The summed E-state index contributed by atoms with van der Waals surface area (Å²) in [7, 11) is 2.17. The Balaban J connectivity index is 2.29. The van der Waals surface area contributed by atoms with Crippen LogP contribution in [0.5, 0.6) is 0 Å². The van der Waals surface area contributed by atoms with Crippen LogP contribution in [0.15, 0.2) is 0 Å². The minimum absolute atomic E-state index is 0.540. The topological polar surface area (TPSA) is 35.5 Å². The number of rotatable bonds is 5. The van der Waals surface area contributed by atoms with Gasteiger partial charge in [0.1, 0.15) is 0 Å². The Morgan fingerprint density at radius 2 is 2.12 bits per heavy atom. The van der Waals surface area contributed by atoms with Gasteiger partial charge >= 0.3 is 0 Å². The van der Waals surface area contributed by atoms with Gasteiger partial charge in [-0.25, -0.2) is 0 Å². The number of hydrogen-bond acceptors (Lipinski definition) is 3. The molecule has 0 aromatic carbocycles. The Morgan fingerprint density at radius 3 is 2.56 bits per heavy atom. The molecule has 1 rings (SSSR count). The van der Waals surface area contributed by atoms with Crippen LogP contribution in [0.1, 0.15) is 40.5 Å². The lowest BCUT2D eigenvalue weighted by molar-refractivity contribution is 0.0362. The first-order valence-electron chi connectivity index (χ1n) is 6.46. The molecular weight excluding hydrogens is 200 g/mol. The monoisotopic (exact) mass is 228 g/mol. The maximum Gasteiger partial charge on any atom is 0.0746 e. The SMILES string of the molecule is CC(C)CC(C)(O)CNC1CC(C)N(C)C1. The van der Waals surface area contributed by atoms with Crippen LogP contribution in [-0.2, 0) is 0 Å². The van der Waals surface area contributed by atoms with Crippen molar-refractivity contribution in [1.82, 2.24) is 10.2 Å². The number of nitrogens with zero attached hydrogens (tertiary/aromatic N) is 1. The second-order valence-corrected chi connectivity index (χ2v) is 6.20. The fraction of sp³-hybridized carbons (Fsp3) is 1.00. The molecule has 0 spiro atoms. The highest BCUT2D eigenvalue weighted by molar-refractivity contribution is 4.87. The molecule has 1 aliphatic rings. The maximum absolute atomic E-state index is 10.2. The quantitative estimate of drug-likeness (QED) is 0.748. The van der Waals surface area contributed by atoms with E-state index in [9.17, 15) is 5.11 Å². The lowest BCUT2D eigenvalue weighted by Gasteiger charge is -2.27. The first-order valence-corrected chi connectivity index (χ1v) is 6.46. The van der Waals surface area contributed by atoms with Crippen LogP contribution in [0, 0.1) is 5.92 Å². The Kier molecular flexibility index (Phi) is 4.77. The molecular formula is C13H28N2O. The van der Waals surface area contributed by atoms with Crippen molar-refractivity contribution < 1.29 is 5.11 Å². The zero-order valence-electron chi connectivity index (χ0n) is 11.5. The summed E-state index contributed by atoms with van der Waals surface area (Å²) >= 11 is 0. The van der Waals surface area contributed by atoms with Crippen molar-refractivity contribution in [2.45, 2.75) is 58.2 Å². The number of nitrogens with one attached hydrogen (secondary N) is 1. The molecule has 1 aliphatic heterocycles. The molecule has 3 nitrogen and oxygen atoms in total. The van der Waals surface area contributed by atoms with Crippen LogP contribution in [-0.4, -0.2) is 47.8 Å². The molecule has 0 aliphatic carbocycles. The zero-order chi connectivity index (χ0) is 12.3. The summed E-state index contributed by atoms with van der Waals surface area (Å²) in [5.41, 5.74) is -0.571. The van der Waals surface area contributed by atoms with E-state index in [4.69, 9.17) is 0 Å². The van der Waals surface area contributed by atoms with E-state index in [1.54, 1.807) is 0 Å². The fourth-order valence-corrected chi connectivity index (χ4v) is 2.66. The number of likely N-dealkylation sites (N-methyl/N-ethyl adjacent to an activating group) is 1. The van der Waals surface area contributed by atoms with Gasteiger partial charge in [-0.05, 0) is 39.7 Å². The normalized spacial score (nSPS) is 30.9. The molecule has 0 aromatic heterocycles. The molecule has 1 fully saturated rings. The predicted molar refractivity (Wildman–Crippen MR) is 68.6 cm³/mol. The van der Waals surface area contributed by atoms with E-state index < -0.39 is 5.60 Å². The zero-order valence-corrected chi connectivity index (χ0v) is 11.5. The smallest absolute Gasteiger partial charge is 0.0746 e. The Labute approximate surface area is 100 Å². The highest BCUT2D eigenvalue weighted by atomic mass is 16.3. The summed E-state index contributed by atoms with van der Waals surface area (Å²) in [5.74, 6) is 0.543. The van der Waals surface area contributed by atoms with Gasteiger partial charge in [0, 0.05) is 25.2 Å². The number of likely N-dealkylation sites (tertiary alicyclic amines) is 1. The van der Waals surface area contributed by atoms with E-state index in [1.807, 2.05) is 6.92 Å². The third kappa shape index (κ3) is 4.40. The largest absolute Gasteiger partial charge is 0.389 e. The van der Waals surface area contributed by atoms with Crippen LogP contribution >= 0.6 is 0 Å². The van der Waals surface area contributed by atoms with E-state index in [0.717, 1.165) is 13.0 Å². The molecule has 3 atom stereocenters. The minimum atomic E-state index is -0.571. The van der Waals surface area contributed by atoms with Gasteiger partial charge < -0.3 is 15.3 Å². The van der Waals surface area contributed by atoms with E-state index >= 15 is 0 Å². The highest BCUT2D eigenvalue weighted by Gasteiger charge is 2.28. The summed E-state index contributed by atoms with van der Waals surface area (Å²) in [6.07, 6.45) is 2.05. The molecule has 0 bridgehead atoms. The van der Waals surface area contributed by atoms with Gasteiger partial charge in [0.05, 0.1) is 5.60 Å². The Bertz CT molecular complexity index is 206. The van der Waals surface area contributed by atoms with Crippen molar-refractivity contribution in [3.05, 3.63) is 0 Å². The molecule has 3 unspecified atom stereocenters. The first-order chi connectivity index (χ1) is 7.30. The van der Waals surface area contributed by atoms with Crippen molar-refractivity contribution in [3.63, 3.8) is 0 Å². The molecule has 0 radical (unpaired) electrons. The molecule has 1 heterocycles. The Hall–Kier alpha value is -0.120. The van der Waals surface area contributed by atoms with Crippen molar-refractivity contribution in [2.75, 3.05) is 20.1 Å². The maximum atomic E-state index is 10.2. The van der Waals surface area contributed by atoms with E-state index in [2.05, 4.69) is 38.0 Å². The lowest BCUT2D eigenvalue weighted by Crippen LogP contribution is -2.44. The predicted octanol–water partition coefficient (Wildman–Crippen LogP) is 1.47. The molecule has 16 heavy (non-hydrogen) atoms. The van der Waals surface area contributed by atoms with Crippen molar-refractivity contribution >= 4 is 0 Å². The van der Waals surface area contributed by atoms with Gasteiger partial charge in [-0.1, -0.05) is 13.8 Å². The molecule has 3 heteroatoms. The van der Waals surface area contributed by atoms with Gasteiger partial charge in [0.25, 0.3) is 0 Å². The van der Waals surface area contributed by atoms with Crippen LogP contribution < -0.4 is 5.32 Å². The lowest BCUT2D eigenvalue weighted by atomic mass is 9.94. The summed E-state index contributed by atoms with van der Waals surface area (Å²) in [4.78, 5) is 2.37. The molecule has 96 valence electrons. The highest BCUT2D eigenvalue weighted by Crippen LogP contribution is 2.18. The van der Waals surface area contributed by atoms with Crippen LogP contribution in [0.2, 0.25) is 0 Å². The minimum Gasteiger partial charge on any atom is -0.389 e. The average Bonchev–Trinajstić information content (AvgIpc) is 2.41. The summed E-state index contributed by atoms with van der Waals surface area (Å²) < 4.78 is 0. The first kappa shape index (κ1) is 13.9. The molecule has 0 amide bonds. The van der Waals surface area contributed by atoms with E-state index in [1.165, 1.54) is 6.42 Å². The van der Waals surface area contributed by atoms with Crippen molar-refractivity contribution in [3.8, 4) is 0 Å². The summed E-state index contributed by atoms with van der Waals surface area (Å²) in [6, 6.07) is 1.20. The third-order valence-corrected chi connectivity index (χ3v) is 3.51. The van der Waals surface area contributed by atoms with E-state index in [0.29, 0.717) is 24.5 Å². The molecule has 2 N–H and O–H groups in total. The third-order valence-electron chi connectivity index (χ3n) is 3.51. The summed E-state index contributed by atoms with van der Waals surface area (Å²) in [6.45, 7) is 10.3. The second-order valence-electron chi connectivity index (χ2n) is 6.20. The van der Waals surface area contributed by atoms with Gasteiger partial charge in [0.2, 0.25) is 0 Å². The summed E-state index contributed by atoms with van der Waals surface area (Å²) in [5, 5.41) is 13.7.